The third-order valence-electron chi connectivity index (χ3n) is 8.15. The van der Waals surface area contributed by atoms with E-state index in [9.17, 15) is 14.4 Å². The van der Waals surface area contributed by atoms with Gasteiger partial charge in [0.25, 0.3) is 0 Å². The standard InChI is InChI=1S/C40H46O9/c1-7-29(30-17-12-14-21-34(30)44-23-25-46-36(41)8-2)31-18-16-20-33(39(31)49-28-27-48-38(43)10-4)40(6,11-5)32-19-13-15-22-35(32)45-24-26-47-37(42)9-3/h8-10,12-22,29H,2-4,7,11,23-28H2,1,5-6H3. The molecule has 260 valence electrons. The summed E-state index contributed by atoms with van der Waals surface area (Å²) in [7, 11) is 0. The number of hydrogen-bond donors (Lipinski definition) is 0. The Hall–Kier alpha value is -5.31. The first kappa shape index (κ1) is 38.1. The monoisotopic (exact) mass is 670 g/mol. The van der Waals surface area contributed by atoms with Gasteiger partial charge in [-0.1, -0.05) is 95.1 Å². The molecule has 3 aromatic carbocycles. The molecule has 0 aliphatic heterocycles. The molecule has 3 rings (SSSR count). The lowest BCUT2D eigenvalue weighted by Crippen LogP contribution is -2.26. The molecule has 0 fully saturated rings. The van der Waals surface area contributed by atoms with E-state index < -0.39 is 23.3 Å². The van der Waals surface area contributed by atoms with Crippen molar-refractivity contribution in [2.24, 2.45) is 0 Å². The number of esters is 3. The van der Waals surface area contributed by atoms with Gasteiger partial charge in [0.05, 0.1) is 0 Å². The fourth-order valence-electron chi connectivity index (χ4n) is 5.56. The molecular weight excluding hydrogens is 624 g/mol. The van der Waals surface area contributed by atoms with Crippen molar-refractivity contribution < 1.29 is 42.8 Å². The van der Waals surface area contributed by atoms with Gasteiger partial charge in [-0.2, -0.15) is 0 Å². The van der Waals surface area contributed by atoms with Crippen molar-refractivity contribution in [1.82, 2.24) is 0 Å². The number of para-hydroxylation sites is 3. The zero-order valence-electron chi connectivity index (χ0n) is 28.6. The molecule has 0 spiro atoms. The molecule has 0 N–H and O–H groups in total. The Kier molecular flexibility index (Phi) is 15.2. The van der Waals surface area contributed by atoms with Crippen LogP contribution in [0.3, 0.4) is 0 Å². The normalized spacial score (nSPS) is 12.4. The van der Waals surface area contributed by atoms with E-state index in [1.807, 2.05) is 66.7 Å². The molecule has 49 heavy (non-hydrogen) atoms. The number of ether oxygens (including phenoxy) is 6. The minimum Gasteiger partial charge on any atom is -0.490 e. The molecule has 0 aliphatic carbocycles. The molecule has 0 saturated heterocycles. The zero-order chi connectivity index (χ0) is 35.6. The highest BCUT2D eigenvalue weighted by Crippen LogP contribution is 2.48. The SMILES string of the molecule is C=CC(=O)OCCOc1ccccc1C(CC)c1cccc(C(C)(CC)c2ccccc2OCCOC(=O)C=C)c1OCCOC(=O)C=C. The minimum absolute atomic E-state index is 0.0323. The van der Waals surface area contributed by atoms with Crippen LogP contribution in [0.1, 0.15) is 61.8 Å². The van der Waals surface area contributed by atoms with Crippen molar-refractivity contribution in [3.63, 3.8) is 0 Å². The molecule has 0 aromatic heterocycles. The lowest BCUT2D eigenvalue weighted by atomic mass is 9.72. The smallest absolute Gasteiger partial charge is 0.330 e. The summed E-state index contributed by atoms with van der Waals surface area (Å²) in [6.45, 7) is 17.3. The summed E-state index contributed by atoms with van der Waals surface area (Å²) in [5.74, 6) is 0.276. The van der Waals surface area contributed by atoms with Gasteiger partial charge in [0.1, 0.15) is 56.9 Å². The van der Waals surface area contributed by atoms with E-state index in [2.05, 4.69) is 40.5 Å². The van der Waals surface area contributed by atoms with Crippen molar-refractivity contribution in [1.29, 1.82) is 0 Å². The Morgan fingerprint density at radius 2 is 1.08 bits per heavy atom. The Balaban J connectivity index is 2.08. The van der Waals surface area contributed by atoms with E-state index >= 15 is 0 Å². The van der Waals surface area contributed by atoms with E-state index in [1.54, 1.807) is 0 Å². The maximum absolute atomic E-state index is 11.8. The summed E-state index contributed by atoms with van der Waals surface area (Å²) in [5.41, 5.74) is 3.12. The number of carbonyl (C=O) groups is 3. The predicted octanol–water partition coefficient (Wildman–Crippen LogP) is 7.27. The van der Waals surface area contributed by atoms with Crippen LogP contribution in [0.4, 0.5) is 0 Å². The second-order valence-corrected chi connectivity index (χ2v) is 11.1. The fraction of sp³-hybridized carbons (Fsp3) is 0.325. The van der Waals surface area contributed by atoms with Crippen LogP contribution in [0.15, 0.2) is 105 Å². The van der Waals surface area contributed by atoms with Crippen molar-refractivity contribution in [2.45, 2.75) is 44.9 Å². The Morgan fingerprint density at radius 1 is 0.612 bits per heavy atom. The molecule has 2 unspecified atom stereocenters. The molecule has 0 bridgehead atoms. The highest BCUT2D eigenvalue weighted by Gasteiger charge is 2.35. The summed E-state index contributed by atoms with van der Waals surface area (Å²) in [4.78, 5) is 34.9. The summed E-state index contributed by atoms with van der Waals surface area (Å²) in [6, 6.07) is 21.6. The van der Waals surface area contributed by atoms with Crippen LogP contribution >= 0.6 is 0 Å². The fourth-order valence-corrected chi connectivity index (χ4v) is 5.56. The van der Waals surface area contributed by atoms with Crippen LogP contribution in [0, 0.1) is 0 Å². The van der Waals surface area contributed by atoms with Gasteiger partial charge in [-0.05, 0) is 25.0 Å². The second-order valence-electron chi connectivity index (χ2n) is 11.1. The van der Waals surface area contributed by atoms with Crippen LogP contribution in [-0.4, -0.2) is 57.5 Å². The van der Waals surface area contributed by atoms with E-state index in [4.69, 9.17) is 28.4 Å². The molecule has 0 saturated carbocycles. The maximum atomic E-state index is 11.8. The molecule has 9 nitrogen and oxygen atoms in total. The van der Waals surface area contributed by atoms with E-state index in [0.717, 1.165) is 40.5 Å². The van der Waals surface area contributed by atoms with Gasteiger partial charge in [-0.15, -0.1) is 0 Å². The summed E-state index contributed by atoms with van der Waals surface area (Å²) in [6.07, 6.45) is 4.74. The first-order chi connectivity index (χ1) is 23.7. The van der Waals surface area contributed by atoms with Crippen LogP contribution in [0.25, 0.3) is 0 Å². The Bertz CT molecular complexity index is 1590. The topological polar surface area (TPSA) is 107 Å². The lowest BCUT2D eigenvalue weighted by Gasteiger charge is -2.34. The van der Waals surface area contributed by atoms with Gasteiger partial charge in [0, 0.05) is 51.8 Å². The molecule has 0 aliphatic rings. The number of carbonyl (C=O) groups excluding carboxylic acids is 3. The molecule has 2 atom stereocenters. The Labute approximate surface area is 289 Å². The molecule has 9 heteroatoms. The van der Waals surface area contributed by atoms with Gasteiger partial charge in [-0.25, -0.2) is 14.4 Å². The van der Waals surface area contributed by atoms with Gasteiger partial charge < -0.3 is 28.4 Å². The minimum atomic E-state index is -0.596. The molecule has 0 heterocycles. The number of hydrogen-bond acceptors (Lipinski definition) is 9. The van der Waals surface area contributed by atoms with Gasteiger partial charge in [-0.3, -0.25) is 0 Å². The van der Waals surface area contributed by atoms with Crippen molar-refractivity contribution in [3.05, 3.63) is 127 Å². The maximum Gasteiger partial charge on any atom is 0.330 e. The first-order valence-electron chi connectivity index (χ1n) is 16.3. The highest BCUT2D eigenvalue weighted by molar-refractivity contribution is 5.81. The van der Waals surface area contributed by atoms with Crippen molar-refractivity contribution in [2.75, 3.05) is 39.6 Å². The highest BCUT2D eigenvalue weighted by atomic mass is 16.6. The van der Waals surface area contributed by atoms with Gasteiger partial charge in [0.15, 0.2) is 0 Å². The Morgan fingerprint density at radius 3 is 1.63 bits per heavy atom. The van der Waals surface area contributed by atoms with Crippen LogP contribution < -0.4 is 14.2 Å². The largest absolute Gasteiger partial charge is 0.490 e. The quantitative estimate of drug-likeness (QED) is 0.0501. The third-order valence-corrected chi connectivity index (χ3v) is 8.15. The second kappa shape index (κ2) is 19.5. The molecular formula is C40H46O9. The van der Waals surface area contributed by atoms with Crippen LogP contribution in [0.2, 0.25) is 0 Å². The van der Waals surface area contributed by atoms with Crippen molar-refractivity contribution >= 4 is 17.9 Å². The zero-order valence-corrected chi connectivity index (χ0v) is 28.6. The van der Waals surface area contributed by atoms with Crippen LogP contribution in [0.5, 0.6) is 17.2 Å². The number of rotatable bonds is 21. The lowest BCUT2D eigenvalue weighted by molar-refractivity contribution is -0.139. The van der Waals surface area contributed by atoms with Gasteiger partial charge in [0.2, 0.25) is 0 Å². The predicted molar refractivity (Wildman–Crippen MR) is 188 cm³/mol. The molecule has 0 amide bonds. The van der Waals surface area contributed by atoms with E-state index in [0.29, 0.717) is 30.1 Å². The summed E-state index contributed by atoms with van der Waals surface area (Å²) < 4.78 is 34.3. The van der Waals surface area contributed by atoms with Crippen LogP contribution in [-0.2, 0) is 34.0 Å². The summed E-state index contributed by atoms with van der Waals surface area (Å²) in [5, 5.41) is 0. The van der Waals surface area contributed by atoms with Crippen molar-refractivity contribution in [3.8, 4) is 17.2 Å². The third kappa shape index (κ3) is 10.3. The average Bonchev–Trinajstić information content (AvgIpc) is 3.14. The molecule has 3 aromatic rings. The summed E-state index contributed by atoms with van der Waals surface area (Å²) >= 11 is 0. The number of benzene rings is 3. The van der Waals surface area contributed by atoms with Gasteiger partial charge >= 0.3 is 17.9 Å². The van der Waals surface area contributed by atoms with E-state index in [-0.39, 0.29) is 45.6 Å². The van der Waals surface area contributed by atoms with E-state index in [1.165, 1.54) is 0 Å². The first-order valence-corrected chi connectivity index (χ1v) is 16.3. The molecule has 0 radical (unpaired) electrons. The average molecular weight is 671 g/mol.